The van der Waals surface area contributed by atoms with Gasteiger partial charge in [0, 0.05) is 0 Å². The molecule has 1 saturated carbocycles. The summed E-state index contributed by atoms with van der Waals surface area (Å²) >= 11 is 3.68. The molecule has 2 heteroatoms. The minimum Gasteiger partial charge on any atom is -0.489 e. The third kappa shape index (κ3) is 2.39. The highest BCUT2D eigenvalue weighted by atomic mass is 79.9. The van der Waals surface area contributed by atoms with Crippen molar-refractivity contribution >= 4 is 26.7 Å². The fourth-order valence-corrected chi connectivity index (χ4v) is 3.25. The summed E-state index contributed by atoms with van der Waals surface area (Å²) in [4.78, 5) is 0. The maximum Gasteiger partial charge on any atom is 0.134 e. The minimum absolute atomic E-state index is 0.399. The van der Waals surface area contributed by atoms with Crippen LogP contribution in [-0.2, 0) is 0 Å². The Bertz CT molecular complexity index is 544. The highest BCUT2D eigenvalue weighted by Crippen LogP contribution is 2.35. The molecular weight excluding hydrogens is 288 g/mol. The monoisotopic (exact) mass is 304 g/mol. The molecule has 0 saturated heterocycles. The topological polar surface area (TPSA) is 9.23 Å². The van der Waals surface area contributed by atoms with Gasteiger partial charge in [-0.05, 0) is 58.5 Å². The Kier molecular flexibility index (Phi) is 3.55. The van der Waals surface area contributed by atoms with Crippen LogP contribution in [0, 0.1) is 0 Å². The van der Waals surface area contributed by atoms with Crippen molar-refractivity contribution < 1.29 is 4.74 Å². The van der Waals surface area contributed by atoms with Crippen LogP contribution in [0.2, 0.25) is 0 Å². The highest BCUT2D eigenvalue weighted by molar-refractivity contribution is 9.10. The zero-order valence-electron chi connectivity index (χ0n) is 10.4. The van der Waals surface area contributed by atoms with Gasteiger partial charge < -0.3 is 4.74 Å². The van der Waals surface area contributed by atoms with Gasteiger partial charge in [0.2, 0.25) is 0 Å². The smallest absolute Gasteiger partial charge is 0.134 e. The first kappa shape index (κ1) is 12.0. The molecule has 0 bridgehead atoms. The normalized spacial score (nSPS) is 16.9. The summed E-state index contributed by atoms with van der Waals surface area (Å²) in [5.74, 6) is 0.987. The summed E-state index contributed by atoms with van der Waals surface area (Å²) in [5, 5.41) is 2.48. The number of fused-ring (bicyclic) bond motifs is 1. The number of hydrogen-bond donors (Lipinski definition) is 0. The first-order chi connectivity index (χ1) is 8.84. The molecule has 2 aromatic carbocycles. The van der Waals surface area contributed by atoms with Crippen LogP contribution in [0.3, 0.4) is 0 Å². The molecule has 2 aromatic rings. The van der Waals surface area contributed by atoms with E-state index in [1.54, 1.807) is 0 Å². The number of halogens is 1. The Morgan fingerprint density at radius 2 is 1.72 bits per heavy atom. The highest BCUT2D eigenvalue weighted by Gasteiger charge is 2.16. The number of rotatable bonds is 2. The van der Waals surface area contributed by atoms with E-state index < -0.39 is 0 Å². The van der Waals surface area contributed by atoms with Gasteiger partial charge in [0.15, 0.2) is 0 Å². The molecule has 0 radical (unpaired) electrons. The second kappa shape index (κ2) is 5.31. The second-order valence-electron chi connectivity index (χ2n) is 4.98. The van der Waals surface area contributed by atoms with Crippen LogP contribution >= 0.6 is 15.9 Å². The predicted molar refractivity (Wildman–Crippen MR) is 79.1 cm³/mol. The van der Waals surface area contributed by atoms with Gasteiger partial charge in [-0.2, -0.15) is 0 Å². The van der Waals surface area contributed by atoms with Gasteiger partial charge in [-0.3, -0.25) is 0 Å². The van der Waals surface area contributed by atoms with Gasteiger partial charge in [0.1, 0.15) is 5.75 Å². The average molecular weight is 305 g/mol. The molecule has 1 nitrogen and oxygen atoms in total. The first-order valence-corrected chi connectivity index (χ1v) is 7.48. The summed E-state index contributed by atoms with van der Waals surface area (Å²) < 4.78 is 7.24. The van der Waals surface area contributed by atoms with Crippen molar-refractivity contribution in [3.05, 3.63) is 40.9 Å². The molecule has 0 N–H and O–H groups in total. The Morgan fingerprint density at radius 1 is 0.944 bits per heavy atom. The summed E-state index contributed by atoms with van der Waals surface area (Å²) in [6, 6.07) is 12.6. The standard InChI is InChI=1S/C16H17BrO/c17-16-14-9-5-4-6-12(14)10-11-15(16)18-13-7-2-1-3-8-13/h4-6,9-11,13H,1-3,7-8H2. The molecule has 18 heavy (non-hydrogen) atoms. The lowest BCUT2D eigenvalue weighted by molar-refractivity contribution is 0.154. The van der Waals surface area contributed by atoms with Gasteiger partial charge in [-0.25, -0.2) is 0 Å². The van der Waals surface area contributed by atoms with Crippen molar-refractivity contribution in [2.45, 2.75) is 38.2 Å². The van der Waals surface area contributed by atoms with Crippen molar-refractivity contribution in [2.75, 3.05) is 0 Å². The molecule has 1 aliphatic carbocycles. The van der Waals surface area contributed by atoms with Crippen LogP contribution in [0.15, 0.2) is 40.9 Å². The fraction of sp³-hybridized carbons (Fsp3) is 0.375. The third-order valence-corrected chi connectivity index (χ3v) is 4.49. The summed E-state index contributed by atoms with van der Waals surface area (Å²) in [6.45, 7) is 0. The van der Waals surface area contributed by atoms with Crippen LogP contribution in [0.1, 0.15) is 32.1 Å². The first-order valence-electron chi connectivity index (χ1n) is 6.68. The fourth-order valence-electron chi connectivity index (χ4n) is 2.67. The van der Waals surface area contributed by atoms with Crippen molar-refractivity contribution in [1.82, 2.24) is 0 Å². The second-order valence-corrected chi connectivity index (χ2v) is 5.77. The van der Waals surface area contributed by atoms with Crippen molar-refractivity contribution in [3.8, 4) is 5.75 Å². The Hall–Kier alpha value is -1.02. The lowest BCUT2D eigenvalue weighted by atomic mass is 9.98. The predicted octanol–water partition coefficient (Wildman–Crippen LogP) is 5.31. The third-order valence-electron chi connectivity index (χ3n) is 3.67. The van der Waals surface area contributed by atoms with Crippen LogP contribution < -0.4 is 4.74 Å². The molecule has 0 spiro atoms. The number of hydrogen-bond acceptors (Lipinski definition) is 1. The van der Waals surface area contributed by atoms with Crippen LogP contribution in [-0.4, -0.2) is 6.10 Å². The lowest BCUT2D eigenvalue weighted by Gasteiger charge is -2.23. The van der Waals surface area contributed by atoms with E-state index in [1.165, 1.54) is 42.9 Å². The molecule has 0 amide bonds. The molecule has 0 aliphatic heterocycles. The SMILES string of the molecule is Brc1c(OC2CCCCC2)ccc2ccccc12. The van der Waals surface area contributed by atoms with E-state index in [0.717, 1.165) is 10.2 Å². The molecule has 0 aromatic heterocycles. The zero-order valence-corrected chi connectivity index (χ0v) is 11.9. The van der Waals surface area contributed by atoms with Gasteiger partial charge in [0.25, 0.3) is 0 Å². The molecule has 0 unspecified atom stereocenters. The average Bonchev–Trinajstić information content (AvgIpc) is 2.43. The minimum atomic E-state index is 0.399. The molecule has 1 aliphatic rings. The maximum absolute atomic E-state index is 6.15. The Labute approximate surface area is 116 Å². The molecule has 94 valence electrons. The van der Waals surface area contributed by atoms with E-state index in [2.05, 4.69) is 52.3 Å². The summed E-state index contributed by atoms with van der Waals surface area (Å²) in [7, 11) is 0. The van der Waals surface area contributed by atoms with Gasteiger partial charge >= 0.3 is 0 Å². The van der Waals surface area contributed by atoms with Crippen LogP contribution in [0.4, 0.5) is 0 Å². The van der Waals surface area contributed by atoms with Crippen molar-refractivity contribution in [1.29, 1.82) is 0 Å². The van der Waals surface area contributed by atoms with E-state index in [9.17, 15) is 0 Å². The van der Waals surface area contributed by atoms with Gasteiger partial charge in [-0.1, -0.05) is 36.8 Å². The number of ether oxygens (including phenoxy) is 1. The molecule has 0 atom stereocenters. The molecule has 0 heterocycles. The molecular formula is C16H17BrO. The maximum atomic E-state index is 6.15. The van der Waals surface area contributed by atoms with Gasteiger partial charge in [0.05, 0.1) is 10.6 Å². The molecule has 3 rings (SSSR count). The summed E-state index contributed by atoms with van der Waals surface area (Å²) in [6.07, 6.45) is 6.75. The Balaban J connectivity index is 1.89. The zero-order chi connectivity index (χ0) is 12.4. The van der Waals surface area contributed by atoms with Crippen LogP contribution in [0.5, 0.6) is 5.75 Å². The lowest BCUT2D eigenvalue weighted by Crippen LogP contribution is -2.19. The van der Waals surface area contributed by atoms with Crippen LogP contribution in [0.25, 0.3) is 10.8 Å². The summed E-state index contributed by atoms with van der Waals surface area (Å²) in [5.41, 5.74) is 0. The van der Waals surface area contributed by atoms with E-state index >= 15 is 0 Å². The van der Waals surface area contributed by atoms with E-state index in [1.807, 2.05) is 0 Å². The van der Waals surface area contributed by atoms with E-state index in [-0.39, 0.29) is 0 Å². The van der Waals surface area contributed by atoms with E-state index in [0.29, 0.717) is 6.10 Å². The quantitative estimate of drug-likeness (QED) is 0.730. The Morgan fingerprint density at radius 3 is 2.56 bits per heavy atom. The van der Waals surface area contributed by atoms with Crippen molar-refractivity contribution in [2.24, 2.45) is 0 Å². The van der Waals surface area contributed by atoms with E-state index in [4.69, 9.17) is 4.74 Å². The molecule has 1 fully saturated rings. The largest absolute Gasteiger partial charge is 0.489 e. The van der Waals surface area contributed by atoms with Gasteiger partial charge in [-0.15, -0.1) is 0 Å². The van der Waals surface area contributed by atoms with Crippen molar-refractivity contribution in [3.63, 3.8) is 0 Å². The number of benzene rings is 2.